The number of rotatable bonds is 5. The summed E-state index contributed by atoms with van der Waals surface area (Å²) in [4.78, 5) is 26.5. The van der Waals surface area contributed by atoms with Gasteiger partial charge in [0.05, 0.1) is 5.69 Å². The van der Waals surface area contributed by atoms with Crippen molar-refractivity contribution in [3.05, 3.63) is 23.0 Å². The van der Waals surface area contributed by atoms with E-state index in [0.717, 1.165) is 4.68 Å². The van der Waals surface area contributed by atoms with Crippen LogP contribution < -0.4 is 11.1 Å². The second-order valence-corrected chi connectivity index (χ2v) is 4.33. The van der Waals surface area contributed by atoms with Crippen LogP contribution in [0.3, 0.4) is 0 Å². The molecule has 0 aliphatic carbocycles. The zero-order chi connectivity index (χ0) is 13.8. The lowest BCUT2D eigenvalue weighted by molar-refractivity contribution is -0.117. The van der Waals surface area contributed by atoms with Gasteiger partial charge >= 0.3 is 5.97 Å². The molecule has 0 fully saturated rings. The van der Waals surface area contributed by atoms with Crippen LogP contribution in [0.1, 0.15) is 16.2 Å². The molecule has 1 amide bonds. The fraction of sp³-hybridized carbons (Fsp3) is 0.222. The van der Waals surface area contributed by atoms with Crippen LogP contribution in [0.15, 0.2) is 11.6 Å². The van der Waals surface area contributed by atoms with Crippen LogP contribution in [0.25, 0.3) is 0 Å². The number of thiazole rings is 1. The Bertz CT molecular complexity index is 593. The number of carbonyl (C=O) groups is 2. The van der Waals surface area contributed by atoms with Crippen LogP contribution in [0.4, 0.5) is 5.13 Å². The van der Waals surface area contributed by atoms with Crippen LogP contribution in [-0.4, -0.2) is 37.0 Å². The molecule has 0 atom stereocenters. The molecule has 2 heterocycles. The van der Waals surface area contributed by atoms with E-state index in [4.69, 9.17) is 10.8 Å². The monoisotopic (exact) mass is 282 g/mol. The number of aromatic nitrogens is 4. The summed E-state index contributed by atoms with van der Waals surface area (Å²) >= 11 is 1.27. The first kappa shape index (κ1) is 13.1. The van der Waals surface area contributed by atoms with Gasteiger partial charge in [-0.1, -0.05) is 5.21 Å². The van der Waals surface area contributed by atoms with Crippen molar-refractivity contribution in [1.29, 1.82) is 0 Å². The summed E-state index contributed by atoms with van der Waals surface area (Å²) < 4.78 is 1.16. The summed E-state index contributed by atoms with van der Waals surface area (Å²) in [6.45, 7) is -0.244. The third-order valence-corrected chi connectivity index (χ3v) is 2.89. The summed E-state index contributed by atoms with van der Waals surface area (Å²) in [5.74, 6) is -1.61. The molecule has 0 aliphatic heterocycles. The van der Waals surface area contributed by atoms with Gasteiger partial charge in [0.2, 0.25) is 5.91 Å². The summed E-state index contributed by atoms with van der Waals surface area (Å²) in [5.41, 5.74) is 5.39. The maximum Gasteiger partial charge on any atom is 0.358 e. The number of anilines is 1. The highest BCUT2D eigenvalue weighted by atomic mass is 32.1. The van der Waals surface area contributed by atoms with Crippen molar-refractivity contribution in [1.82, 2.24) is 20.0 Å². The molecule has 2 aromatic heterocycles. The summed E-state index contributed by atoms with van der Waals surface area (Å²) in [6, 6.07) is 0. The lowest BCUT2D eigenvalue weighted by Crippen LogP contribution is -2.22. The molecular weight excluding hydrogens is 272 g/mol. The highest BCUT2D eigenvalue weighted by Gasteiger charge is 2.19. The van der Waals surface area contributed by atoms with Crippen molar-refractivity contribution >= 4 is 28.3 Å². The van der Waals surface area contributed by atoms with E-state index in [1.165, 1.54) is 11.3 Å². The summed E-state index contributed by atoms with van der Waals surface area (Å²) in [7, 11) is 0. The number of carbonyl (C=O) groups excluding carboxylic acids is 1. The van der Waals surface area contributed by atoms with E-state index in [9.17, 15) is 9.59 Å². The fourth-order valence-corrected chi connectivity index (χ4v) is 1.95. The molecule has 0 aromatic carbocycles. The van der Waals surface area contributed by atoms with Gasteiger partial charge in [-0.15, -0.1) is 16.4 Å². The van der Waals surface area contributed by atoms with E-state index in [-0.39, 0.29) is 30.4 Å². The predicted molar refractivity (Wildman–Crippen MR) is 65.6 cm³/mol. The third-order valence-electron chi connectivity index (χ3n) is 2.21. The second-order valence-electron chi connectivity index (χ2n) is 3.44. The molecule has 0 saturated carbocycles. The van der Waals surface area contributed by atoms with Crippen molar-refractivity contribution in [2.75, 3.05) is 5.32 Å². The Morgan fingerprint density at radius 3 is 2.89 bits per heavy atom. The molecule has 9 nitrogen and oxygen atoms in total. The lowest BCUT2D eigenvalue weighted by atomic mass is 10.3. The molecule has 2 rings (SSSR count). The second kappa shape index (κ2) is 5.54. The number of aromatic carboxylic acids is 1. The van der Waals surface area contributed by atoms with Crippen LogP contribution in [0, 0.1) is 0 Å². The smallest absolute Gasteiger partial charge is 0.358 e. The first-order chi connectivity index (χ1) is 9.11. The zero-order valence-electron chi connectivity index (χ0n) is 9.61. The molecule has 19 heavy (non-hydrogen) atoms. The molecule has 2 aromatic rings. The largest absolute Gasteiger partial charge is 0.476 e. The Balaban J connectivity index is 2.10. The van der Waals surface area contributed by atoms with E-state index < -0.39 is 5.97 Å². The molecule has 0 bridgehead atoms. The van der Waals surface area contributed by atoms with Crippen LogP contribution >= 0.6 is 11.3 Å². The topological polar surface area (TPSA) is 136 Å². The van der Waals surface area contributed by atoms with E-state index in [1.807, 2.05) is 0 Å². The van der Waals surface area contributed by atoms with Gasteiger partial charge in [-0.05, 0) is 0 Å². The Kier molecular flexibility index (Phi) is 3.82. The third kappa shape index (κ3) is 2.92. The quantitative estimate of drug-likeness (QED) is 0.674. The molecular formula is C9H10N6O3S. The number of carboxylic acids is 1. The minimum atomic E-state index is -1.23. The molecule has 0 aliphatic rings. The normalized spacial score (nSPS) is 10.4. The number of nitrogens with zero attached hydrogens (tertiary/aromatic N) is 4. The predicted octanol–water partition coefficient (Wildman–Crippen LogP) is -0.470. The van der Waals surface area contributed by atoms with Gasteiger partial charge in [0.25, 0.3) is 0 Å². The Hall–Kier alpha value is -2.33. The van der Waals surface area contributed by atoms with Crippen LogP contribution in [0.5, 0.6) is 0 Å². The summed E-state index contributed by atoms with van der Waals surface area (Å²) in [5, 5.41) is 20.7. The number of amides is 1. The van der Waals surface area contributed by atoms with E-state index in [2.05, 4.69) is 20.6 Å². The standard InChI is InChI=1S/C9H10N6O3S/c10-3-5-7(8(17)18)13-14-15(5)4-6(16)12-9-11-1-2-19-9/h1-2H,3-4,10H2,(H,17,18)(H,11,12,16). The van der Waals surface area contributed by atoms with Crippen molar-refractivity contribution in [2.24, 2.45) is 5.73 Å². The number of hydrogen-bond acceptors (Lipinski definition) is 7. The summed E-state index contributed by atoms with van der Waals surface area (Å²) in [6.07, 6.45) is 1.56. The minimum Gasteiger partial charge on any atom is -0.476 e. The van der Waals surface area contributed by atoms with Crippen molar-refractivity contribution in [3.63, 3.8) is 0 Å². The first-order valence-corrected chi connectivity index (χ1v) is 6.05. The number of nitrogens with two attached hydrogens (primary N) is 1. The number of carboxylic acid groups (broad SMARTS) is 1. The molecule has 4 N–H and O–H groups in total. The van der Waals surface area contributed by atoms with Gasteiger partial charge in [0.15, 0.2) is 10.8 Å². The Labute approximate surface area is 111 Å². The van der Waals surface area contributed by atoms with Gasteiger partial charge in [0, 0.05) is 18.1 Å². The number of nitrogens with one attached hydrogen (secondary N) is 1. The lowest BCUT2D eigenvalue weighted by Gasteiger charge is -2.04. The average Bonchev–Trinajstić information content (AvgIpc) is 2.97. The van der Waals surface area contributed by atoms with Crippen molar-refractivity contribution in [2.45, 2.75) is 13.1 Å². The molecule has 0 radical (unpaired) electrons. The zero-order valence-corrected chi connectivity index (χ0v) is 10.4. The van der Waals surface area contributed by atoms with Gasteiger partial charge in [0.1, 0.15) is 6.54 Å². The minimum absolute atomic E-state index is 0.0703. The van der Waals surface area contributed by atoms with E-state index in [1.54, 1.807) is 11.6 Å². The molecule has 0 saturated heterocycles. The SMILES string of the molecule is NCc1c(C(=O)O)nnn1CC(=O)Nc1nccs1. The molecule has 0 spiro atoms. The van der Waals surface area contributed by atoms with Crippen LogP contribution in [-0.2, 0) is 17.9 Å². The van der Waals surface area contributed by atoms with Gasteiger partial charge in [-0.2, -0.15) is 0 Å². The van der Waals surface area contributed by atoms with E-state index >= 15 is 0 Å². The van der Waals surface area contributed by atoms with E-state index in [0.29, 0.717) is 5.13 Å². The maximum absolute atomic E-state index is 11.7. The van der Waals surface area contributed by atoms with Gasteiger partial charge in [-0.25, -0.2) is 14.5 Å². The number of hydrogen-bond donors (Lipinski definition) is 3. The highest BCUT2D eigenvalue weighted by Crippen LogP contribution is 2.10. The first-order valence-electron chi connectivity index (χ1n) is 5.17. The highest BCUT2D eigenvalue weighted by molar-refractivity contribution is 7.13. The van der Waals surface area contributed by atoms with Crippen molar-refractivity contribution in [3.8, 4) is 0 Å². The fourth-order valence-electron chi connectivity index (χ4n) is 1.41. The van der Waals surface area contributed by atoms with Crippen LogP contribution in [0.2, 0.25) is 0 Å². The molecule has 10 heteroatoms. The molecule has 100 valence electrons. The maximum atomic E-state index is 11.7. The van der Waals surface area contributed by atoms with Gasteiger partial charge < -0.3 is 16.2 Å². The Morgan fingerprint density at radius 1 is 1.53 bits per heavy atom. The molecule has 0 unspecified atom stereocenters. The Morgan fingerprint density at radius 2 is 2.32 bits per heavy atom. The van der Waals surface area contributed by atoms with Crippen molar-refractivity contribution < 1.29 is 14.7 Å². The van der Waals surface area contributed by atoms with Gasteiger partial charge in [-0.3, -0.25) is 4.79 Å². The average molecular weight is 282 g/mol.